The summed E-state index contributed by atoms with van der Waals surface area (Å²) in [6, 6.07) is 0. The van der Waals surface area contributed by atoms with Crippen LogP contribution in [0.5, 0.6) is 0 Å². The van der Waals surface area contributed by atoms with Crippen LogP contribution in [-0.2, 0) is 4.74 Å². The van der Waals surface area contributed by atoms with Gasteiger partial charge in [0, 0.05) is 6.61 Å². The summed E-state index contributed by atoms with van der Waals surface area (Å²) in [5, 5.41) is 0. The van der Waals surface area contributed by atoms with Crippen LogP contribution >= 0.6 is 0 Å². The molecule has 0 unspecified atom stereocenters. The lowest BCUT2D eigenvalue weighted by molar-refractivity contribution is 0.0557. The SMILES string of the molecule is [CH2]CCCCCOC1CCCC1. The molecule has 1 heteroatoms. The average molecular weight is 169 g/mol. The van der Waals surface area contributed by atoms with Crippen LogP contribution in [0.2, 0.25) is 0 Å². The van der Waals surface area contributed by atoms with Crippen molar-refractivity contribution in [3.63, 3.8) is 0 Å². The van der Waals surface area contributed by atoms with E-state index in [-0.39, 0.29) is 0 Å². The minimum atomic E-state index is 0.602. The van der Waals surface area contributed by atoms with E-state index in [1.54, 1.807) is 0 Å². The molecule has 1 nitrogen and oxygen atoms in total. The molecule has 0 aromatic rings. The second-order valence-corrected chi connectivity index (χ2v) is 3.69. The fourth-order valence-electron chi connectivity index (χ4n) is 1.76. The van der Waals surface area contributed by atoms with Crippen molar-refractivity contribution < 1.29 is 4.74 Å². The molecule has 0 amide bonds. The zero-order chi connectivity index (χ0) is 8.65. The molecule has 0 N–H and O–H groups in total. The molecule has 1 rings (SSSR count). The summed E-state index contributed by atoms with van der Waals surface area (Å²) in [7, 11) is 0. The topological polar surface area (TPSA) is 9.23 Å². The Kier molecular flexibility index (Phi) is 5.42. The highest BCUT2D eigenvalue weighted by Gasteiger charge is 2.14. The van der Waals surface area contributed by atoms with E-state index in [2.05, 4.69) is 6.92 Å². The molecule has 1 aliphatic carbocycles. The summed E-state index contributed by atoms with van der Waals surface area (Å²) < 4.78 is 5.73. The van der Waals surface area contributed by atoms with Crippen LogP contribution in [0, 0.1) is 6.92 Å². The van der Waals surface area contributed by atoms with Gasteiger partial charge in [-0.15, -0.1) is 0 Å². The maximum Gasteiger partial charge on any atom is 0.0575 e. The van der Waals surface area contributed by atoms with Gasteiger partial charge in [0.2, 0.25) is 0 Å². The van der Waals surface area contributed by atoms with Crippen molar-refractivity contribution in [1.82, 2.24) is 0 Å². The summed E-state index contributed by atoms with van der Waals surface area (Å²) in [5.41, 5.74) is 0. The first-order valence-corrected chi connectivity index (χ1v) is 5.34. The van der Waals surface area contributed by atoms with Gasteiger partial charge < -0.3 is 4.74 Å². The fourth-order valence-corrected chi connectivity index (χ4v) is 1.76. The third-order valence-electron chi connectivity index (χ3n) is 2.55. The minimum absolute atomic E-state index is 0.602. The van der Waals surface area contributed by atoms with E-state index in [1.165, 1.54) is 44.9 Å². The van der Waals surface area contributed by atoms with E-state index in [0.717, 1.165) is 13.0 Å². The Hall–Kier alpha value is -0.0400. The molecule has 1 radical (unpaired) electrons. The van der Waals surface area contributed by atoms with Gasteiger partial charge in [-0.2, -0.15) is 0 Å². The smallest absolute Gasteiger partial charge is 0.0575 e. The Labute approximate surface area is 76.5 Å². The highest BCUT2D eigenvalue weighted by atomic mass is 16.5. The molecule has 0 atom stereocenters. The zero-order valence-corrected chi connectivity index (χ0v) is 8.06. The molecule has 1 fully saturated rings. The summed E-state index contributed by atoms with van der Waals surface area (Å²) >= 11 is 0. The molecular weight excluding hydrogens is 148 g/mol. The Morgan fingerprint density at radius 1 is 1.08 bits per heavy atom. The first-order valence-electron chi connectivity index (χ1n) is 5.34. The summed E-state index contributed by atoms with van der Waals surface area (Å²) in [6.45, 7) is 4.80. The largest absolute Gasteiger partial charge is 0.378 e. The van der Waals surface area contributed by atoms with E-state index in [4.69, 9.17) is 4.74 Å². The van der Waals surface area contributed by atoms with E-state index < -0.39 is 0 Å². The summed E-state index contributed by atoms with van der Waals surface area (Å²) in [4.78, 5) is 0. The molecule has 0 bridgehead atoms. The van der Waals surface area contributed by atoms with Crippen molar-refractivity contribution in [1.29, 1.82) is 0 Å². The van der Waals surface area contributed by atoms with Crippen molar-refractivity contribution in [2.75, 3.05) is 6.61 Å². The molecule has 0 saturated heterocycles. The Morgan fingerprint density at radius 2 is 1.83 bits per heavy atom. The van der Waals surface area contributed by atoms with Crippen LogP contribution in [0.25, 0.3) is 0 Å². The molecule has 0 aliphatic heterocycles. The third-order valence-corrected chi connectivity index (χ3v) is 2.55. The second kappa shape index (κ2) is 6.47. The first kappa shape index (κ1) is 10.0. The second-order valence-electron chi connectivity index (χ2n) is 3.69. The van der Waals surface area contributed by atoms with Crippen LogP contribution in [-0.4, -0.2) is 12.7 Å². The molecule has 0 spiro atoms. The van der Waals surface area contributed by atoms with Gasteiger partial charge in [0.05, 0.1) is 6.10 Å². The van der Waals surface area contributed by atoms with Crippen molar-refractivity contribution in [3.8, 4) is 0 Å². The van der Waals surface area contributed by atoms with Crippen LogP contribution in [0.4, 0.5) is 0 Å². The van der Waals surface area contributed by atoms with Gasteiger partial charge in [-0.3, -0.25) is 0 Å². The lowest BCUT2D eigenvalue weighted by Gasteiger charge is -2.10. The van der Waals surface area contributed by atoms with Crippen LogP contribution in [0.3, 0.4) is 0 Å². The number of rotatable bonds is 6. The molecule has 1 aliphatic rings. The lowest BCUT2D eigenvalue weighted by atomic mass is 10.2. The first-order chi connectivity index (χ1) is 5.93. The Bertz CT molecular complexity index is 95.2. The van der Waals surface area contributed by atoms with Crippen molar-refractivity contribution in [3.05, 3.63) is 6.92 Å². The monoisotopic (exact) mass is 169 g/mol. The van der Waals surface area contributed by atoms with Gasteiger partial charge in [-0.1, -0.05) is 39.0 Å². The highest BCUT2D eigenvalue weighted by Crippen LogP contribution is 2.21. The maximum absolute atomic E-state index is 5.73. The average Bonchev–Trinajstić information content (AvgIpc) is 2.57. The predicted octanol–water partition coefficient (Wildman–Crippen LogP) is 3.34. The van der Waals surface area contributed by atoms with Crippen LogP contribution in [0.15, 0.2) is 0 Å². The zero-order valence-electron chi connectivity index (χ0n) is 8.06. The maximum atomic E-state index is 5.73. The normalized spacial score (nSPS) is 18.8. The molecule has 0 aromatic carbocycles. The summed E-state index contributed by atoms with van der Waals surface area (Å²) in [5.74, 6) is 0. The van der Waals surface area contributed by atoms with Crippen molar-refractivity contribution >= 4 is 0 Å². The van der Waals surface area contributed by atoms with E-state index >= 15 is 0 Å². The molecule has 71 valence electrons. The van der Waals surface area contributed by atoms with Crippen molar-refractivity contribution in [2.45, 2.75) is 57.5 Å². The predicted molar refractivity (Wildman–Crippen MR) is 52.0 cm³/mol. The number of unbranched alkanes of at least 4 members (excludes halogenated alkanes) is 3. The van der Waals surface area contributed by atoms with Gasteiger partial charge in [-0.05, 0) is 19.3 Å². The van der Waals surface area contributed by atoms with E-state index in [9.17, 15) is 0 Å². The van der Waals surface area contributed by atoms with E-state index in [1.807, 2.05) is 0 Å². The van der Waals surface area contributed by atoms with Crippen LogP contribution in [0.1, 0.15) is 51.4 Å². The molecule has 1 saturated carbocycles. The number of hydrogen-bond donors (Lipinski definition) is 0. The number of ether oxygens (including phenoxy) is 1. The standard InChI is InChI=1S/C11H21O/c1-2-3-4-7-10-12-11-8-5-6-9-11/h11H,1-10H2. The van der Waals surface area contributed by atoms with Crippen molar-refractivity contribution in [2.24, 2.45) is 0 Å². The van der Waals surface area contributed by atoms with Gasteiger partial charge in [0.25, 0.3) is 0 Å². The lowest BCUT2D eigenvalue weighted by Crippen LogP contribution is -2.08. The molecule has 12 heavy (non-hydrogen) atoms. The Morgan fingerprint density at radius 3 is 2.50 bits per heavy atom. The van der Waals surface area contributed by atoms with Gasteiger partial charge in [-0.25, -0.2) is 0 Å². The van der Waals surface area contributed by atoms with Gasteiger partial charge in [0.1, 0.15) is 0 Å². The van der Waals surface area contributed by atoms with E-state index in [0.29, 0.717) is 6.10 Å². The fraction of sp³-hybridized carbons (Fsp3) is 0.909. The van der Waals surface area contributed by atoms with Gasteiger partial charge in [0.15, 0.2) is 0 Å². The highest BCUT2D eigenvalue weighted by molar-refractivity contribution is 4.66. The third kappa shape index (κ3) is 4.10. The minimum Gasteiger partial charge on any atom is -0.378 e. The van der Waals surface area contributed by atoms with Crippen LogP contribution < -0.4 is 0 Å². The Balaban J connectivity index is 1.81. The molecule has 0 heterocycles. The number of hydrogen-bond acceptors (Lipinski definition) is 1. The van der Waals surface area contributed by atoms with Gasteiger partial charge >= 0.3 is 0 Å². The quantitative estimate of drug-likeness (QED) is 0.554. The molecule has 0 aromatic heterocycles. The summed E-state index contributed by atoms with van der Waals surface area (Å²) in [6.07, 6.45) is 10.8. The molecular formula is C11H21O.